The van der Waals surface area contributed by atoms with Crippen molar-refractivity contribution < 1.29 is 14.6 Å². The third-order valence-corrected chi connectivity index (χ3v) is 2.48. The number of carbonyl (C=O) groups is 1. The first-order valence-electron chi connectivity index (χ1n) is 5.68. The van der Waals surface area contributed by atoms with Crippen LogP contribution in [0.5, 0.6) is 5.75 Å². The first kappa shape index (κ1) is 12.6. The minimum absolute atomic E-state index is 0.102. The first-order valence-corrected chi connectivity index (χ1v) is 5.68. The molecule has 0 spiro atoms. The van der Waals surface area contributed by atoms with Gasteiger partial charge in [0, 0.05) is 0 Å². The molecule has 0 amide bonds. The quantitative estimate of drug-likeness (QED) is 0.802. The van der Waals surface area contributed by atoms with E-state index < -0.39 is 5.97 Å². The van der Waals surface area contributed by atoms with E-state index in [4.69, 9.17) is 9.84 Å². The van der Waals surface area contributed by atoms with E-state index in [2.05, 4.69) is 6.92 Å². The van der Waals surface area contributed by atoms with Gasteiger partial charge in [0.25, 0.3) is 0 Å². The Bertz CT molecular complexity index is 347. The summed E-state index contributed by atoms with van der Waals surface area (Å²) in [6, 6.07) is 6.77. The fourth-order valence-electron chi connectivity index (χ4n) is 1.59. The van der Waals surface area contributed by atoms with Crippen LogP contribution in [0, 0.1) is 0 Å². The van der Waals surface area contributed by atoms with Crippen LogP contribution in [0.2, 0.25) is 0 Å². The number of para-hydroxylation sites is 1. The van der Waals surface area contributed by atoms with E-state index in [0.717, 1.165) is 19.3 Å². The second kappa shape index (κ2) is 6.16. The van der Waals surface area contributed by atoms with E-state index in [1.165, 1.54) is 0 Å². The fourth-order valence-corrected chi connectivity index (χ4v) is 1.59. The number of benzene rings is 1. The van der Waals surface area contributed by atoms with Crippen LogP contribution in [0.3, 0.4) is 0 Å². The Kier molecular flexibility index (Phi) is 4.83. The molecule has 0 aliphatic rings. The molecule has 88 valence electrons. The van der Waals surface area contributed by atoms with Gasteiger partial charge < -0.3 is 9.84 Å². The molecule has 3 nitrogen and oxygen atoms in total. The molecule has 1 aromatic carbocycles. The number of carboxylic acid groups (broad SMARTS) is 1. The number of carboxylic acids is 1. The summed E-state index contributed by atoms with van der Waals surface area (Å²) in [6.45, 7) is 4.14. The van der Waals surface area contributed by atoms with Crippen LogP contribution in [-0.2, 0) is 0 Å². The fraction of sp³-hybridized carbons (Fsp3) is 0.462. The maximum Gasteiger partial charge on any atom is 0.339 e. The predicted molar refractivity (Wildman–Crippen MR) is 63.0 cm³/mol. The van der Waals surface area contributed by atoms with E-state index in [9.17, 15) is 4.79 Å². The molecule has 0 saturated carbocycles. The zero-order valence-electron chi connectivity index (χ0n) is 9.77. The highest BCUT2D eigenvalue weighted by atomic mass is 16.5. The SMILES string of the molecule is CCCC(CC)Oc1ccccc1C(=O)O. The van der Waals surface area contributed by atoms with Crippen molar-refractivity contribution in [1.82, 2.24) is 0 Å². The van der Waals surface area contributed by atoms with Gasteiger partial charge in [-0.05, 0) is 25.0 Å². The Morgan fingerprint density at radius 3 is 2.62 bits per heavy atom. The molecule has 0 radical (unpaired) electrons. The first-order chi connectivity index (χ1) is 7.69. The van der Waals surface area contributed by atoms with Crippen LogP contribution in [0.1, 0.15) is 43.5 Å². The van der Waals surface area contributed by atoms with Gasteiger partial charge in [0.05, 0.1) is 6.10 Å². The monoisotopic (exact) mass is 222 g/mol. The second-order valence-electron chi connectivity index (χ2n) is 3.74. The Morgan fingerprint density at radius 2 is 2.06 bits per heavy atom. The molecule has 0 bridgehead atoms. The molecule has 0 saturated heterocycles. The summed E-state index contributed by atoms with van der Waals surface area (Å²) >= 11 is 0. The lowest BCUT2D eigenvalue weighted by molar-refractivity contribution is 0.0688. The molecule has 0 aliphatic carbocycles. The van der Waals surface area contributed by atoms with Gasteiger partial charge >= 0.3 is 5.97 Å². The number of aromatic carboxylic acids is 1. The van der Waals surface area contributed by atoms with Gasteiger partial charge in [-0.1, -0.05) is 32.4 Å². The Labute approximate surface area is 96.1 Å². The second-order valence-corrected chi connectivity index (χ2v) is 3.74. The lowest BCUT2D eigenvalue weighted by atomic mass is 10.1. The van der Waals surface area contributed by atoms with Crippen molar-refractivity contribution in [3.8, 4) is 5.75 Å². The molecule has 3 heteroatoms. The maximum atomic E-state index is 11.0. The van der Waals surface area contributed by atoms with E-state index >= 15 is 0 Å². The zero-order valence-corrected chi connectivity index (χ0v) is 9.77. The highest BCUT2D eigenvalue weighted by Crippen LogP contribution is 2.21. The highest BCUT2D eigenvalue weighted by Gasteiger charge is 2.13. The molecule has 1 rings (SSSR count). The third-order valence-electron chi connectivity index (χ3n) is 2.48. The summed E-state index contributed by atoms with van der Waals surface area (Å²) < 4.78 is 5.72. The topological polar surface area (TPSA) is 46.5 Å². The van der Waals surface area contributed by atoms with Crippen LogP contribution in [0.25, 0.3) is 0 Å². The van der Waals surface area contributed by atoms with Gasteiger partial charge in [-0.3, -0.25) is 0 Å². The lowest BCUT2D eigenvalue weighted by Gasteiger charge is -2.18. The molecule has 0 aromatic heterocycles. The van der Waals surface area contributed by atoms with Gasteiger partial charge in [0.15, 0.2) is 0 Å². The number of rotatable bonds is 6. The summed E-state index contributed by atoms with van der Waals surface area (Å²) in [5.74, 6) is -0.475. The number of hydrogen-bond donors (Lipinski definition) is 1. The molecule has 0 heterocycles. The standard InChI is InChI=1S/C13H18O3/c1-3-7-10(4-2)16-12-9-6-5-8-11(12)13(14)15/h5-6,8-10H,3-4,7H2,1-2H3,(H,14,15). The van der Waals surface area contributed by atoms with Crippen molar-refractivity contribution in [3.63, 3.8) is 0 Å². The highest BCUT2D eigenvalue weighted by molar-refractivity contribution is 5.90. The zero-order chi connectivity index (χ0) is 12.0. The van der Waals surface area contributed by atoms with E-state index in [1.54, 1.807) is 24.3 Å². The van der Waals surface area contributed by atoms with Gasteiger partial charge in [0.2, 0.25) is 0 Å². The van der Waals surface area contributed by atoms with Crippen LogP contribution in [0.4, 0.5) is 0 Å². The normalized spacial score (nSPS) is 12.1. The maximum absolute atomic E-state index is 11.0. The average molecular weight is 222 g/mol. The van der Waals surface area contributed by atoms with Crippen LogP contribution in [0.15, 0.2) is 24.3 Å². The number of hydrogen-bond acceptors (Lipinski definition) is 2. The minimum Gasteiger partial charge on any atom is -0.490 e. The van der Waals surface area contributed by atoms with Crippen LogP contribution in [-0.4, -0.2) is 17.2 Å². The molecule has 0 fully saturated rings. The molecular weight excluding hydrogens is 204 g/mol. The third kappa shape index (κ3) is 3.26. The minimum atomic E-state index is -0.943. The van der Waals surface area contributed by atoms with Crippen molar-refractivity contribution in [1.29, 1.82) is 0 Å². The van der Waals surface area contributed by atoms with Crippen LogP contribution < -0.4 is 4.74 Å². The molecule has 1 unspecified atom stereocenters. The largest absolute Gasteiger partial charge is 0.490 e. The molecule has 1 N–H and O–H groups in total. The van der Waals surface area contributed by atoms with E-state index in [-0.39, 0.29) is 11.7 Å². The van der Waals surface area contributed by atoms with Gasteiger partial charge in [0.1, 0.15) is 11.3 Å². The van der Waals surface area contributed by atoms with E-state index in [1.807, 2.05) is 6.92 Å². The van der Waals surface area contributed by atoms with Crippen molar-refractivity contribution in [2.75, 3.05) is 0 Å². The van der Waals surface area contributed by atoms with Crippen molar-refractivity contribution in [3.05, 3.63) is 29.8 Å². The molecule has 1 aromatic rings. The van der Waals surface area contributed by atoms with Crippen LogP contribution >= 0.6 is 0 Å². The van der Waals surface area contributed by atoms with Crippen molar-refractivity contribution in [2.45, 2.75) is 39.2 Å². The van der Waals surface area contributed by atoms with Gasteiger partial charge in [-0.25, -0.2) is 4.79 Å². The summed E-state index contributed by atoms with van der Waals surface area (Å²) in [5, 5.41) is 9.00. The summed E-state index contributed by atoms with van der Waals surface area (Å²) in [6.07, 6.45) is 2.98. The van der Waals surface area contributed by atoms with Crippen molar-refractivity contribution >= 4 is 5.97 Å². The van der Waals surface area contributed by atoms with Gasteiger partial charge in [-0.2, -0.15) is 0 Å². The molecular formula is C13H18O3. The summed E-state index contributed by atoms with van der Waals surface area (Å²) in [7, 11) is 0. The smallest absolute Gasteiger partial charge is 0.339 e. The van der Waals surface area contributed by atoms with E-state index in [0.29, 0.717) is 5.75 Å². The van der Waals surface area contributed by atoms with Gasteiger partial charge in [-0.15, -0.1) is 0 Å². The summed E-state index contributed by atoms with van der Waals surface area (Å²) in [4.78, 5) is 11.0. The summed E-state index contributed by atoms with van der Waals surface area (Å²) in [5.41, 5.74) is 0.233. The predicted octanol–water partition coefficient (Wildman–Crippen LogP) is 3.34. The Balaban J connectivity index is 2.82. The molecule has 16 heavy (non-hydrogen) atoms. The molecule has 1 atom stereocenters. The Hall–Kier alpha value is -1.51. The van der Waals surface area contributed by atoms with Crippen molar-refractivity contribution in [2.24, 2.45) is 0 Å². The number of ether oxygens (including phenoxy) is 1. The molecule has 0 aliphatic heterocycles. The lowest BCUT2D eigenvalue weighted by Crippen LogP contribution is -2.16. The average Bonchev–Trinajstić information content (AvgIpc) is 2.29. The Morgan fingerprint density at radius 1 is 1.38 bits per heavy atom.